The van der Waals surface area contributed by atoms with Crippen molar-refractivity contribution in [3.8, 4) is 0 Å². The molecule has 0 unspecified atom stereocenters. The Morgan fingerprint density at radius 1 is 1.04 bits per heavy atom. The third-order valence-electron chi connectivity index (χ3n) is 5.12. The van der Waals surface area contributed by atoms with Crippen LogP contribution in [-0.4, -0.2) is 16.9 Å². The van der Waals surface area contributed by atoms with Crippen LogP contribution >= 0.6 is 0 Å². The van der Waals surface area contributed by atoms with Crippen LogP contribution in [-0.2, 0) is 4.79 Å². The molecular formula is C21H20F2N2O2. The summed E-state index contributed by atoms with van der Waals surface area (Å²) in [7, 11) is 0. The highest BCUT2D eigenvalue weighted by molar-refractivity contribution is 5.82. The quantitative estimate of drug-likeness (QED) is 0.839. The molecule has 1 amide bonds. The normalized spacial score (nSPS) is 20.2. The van der Waals surface area contributed by atoms with Crippen LogP contribution in [0.2, 0.25) is 0 Å². The van der Waals surface area contributed by atoms with E-state index in [9.17, 15) is 18.4 Å². The van der Waals surface area contributed by atoms with Crippen molar-refractivity contribution < 1.29 is 13.6 Å². The third kappa shape index (κ3) is 3.84. The number of hydrogen-bond acceptors (Lipinski definition) is 2. The lowest BCUT2D eigenvalue weighted by Crippen LogP contribution is -2.23. The first-order valence-electron chi connectivity index (χ1n) is 9.14. The molecule has 6 heteroatoms. The van der Waals surface area contributed by atoms with E-state index in [-0.39, 0.29) is 23.1 Å². The summed E-state index contributed by atoms with van der Waals surface area (Å²) in [4.78, 5) is 26.9. The van der Waals surface area contributed by atoms with Crippen molar-refractivity contribution in [2.75, 3.05) is 0 Å². The van der Waals surface area contributed by atoms with Gasteiger partial charge in [-0.05, 0) is 36.8 Å². The molecule has 0 radical (unpaired) electrons. The van der Waals surface area contributed by atoms with Crippen molar-refractivity contribution >= 4 is 11.5 Å². The van der Waals surface area contributed by atoms with Crippen LogP contribution in [0.15, 0.2) is 47.3 Å². The van der Waals surface area contributed by atoms with Gasteiger partial charge in [-0.3, -0.25) is 9.59 Å². The second kappa shape index (κ2) is 7.10. The zero-order chi connectivity index (χ0) is 19.0. The zero-order valence-corrected chi connectivity index (χ0v) is 14.7. The predicted molar refractivity (Wildman–Crippen MR) is 98.7 cm³/mol. The molecule has 140 valence electrons. The van der Waals surface area contributed by atoms with Gasteiger partial charge in [0.25, 0.3) is 12.0 Å². The van der Waals surface area contributed by atoms with E-state index in [4.69, 9.17) is 0 Å². The maximum absolute atomic E-state index is 12.9. The van der Waals surface area contributed by atoms with Gasteiger partial charge in [0, 0.05) is 34.9 Å². The van der Waals surface area contributed by atoms with Crippen LogP contribution in [0.1, 0.15) is 60.4 Å². The average molecular weight is 370 g/mol. The van der Waals surface area contributed by atoms with Crippen LogP contribution in [0, 0.1) is 0 Å². The number of rotatable bonds is 5. The van der Waals surface area contributed by atoms with Gasteiger partial charge in [-0.25, -0.2) is 8.78 Å². The fraction of sp³-hybridized carbons (Fsp3) is 0.333. The lowest BCUT2D eigenvalue weighted by Gasteiger charge is -2.13. The smallest absolute Gasteiger partial charge is 0.263 e. The molecule has 1 saturated heterocycles. The van der Waals surface area contributed by atoms with Crippen LogP contribution in [0.4, 0.5) is 8.78 Å². The average Bonchev–Trinajstić information content (AvgIpc) is 3.41. The van der Waals surface area contributed by atoms with Gasteiger partial charge in [0.2, 0.25) is 5.91 Å². The van der Waals surface area contributed by atoms with Gasteiger partial charge in [0.15, 0.2) is 0 Å². The minimum Gasteiger partial charge on any atom is -0.350 e. The Kier molecular flexibility index (Phi) is 4.64. The fourth-order valence-corrected chi connectivity index (χ4v) is 3.47. The summed E-state index contributed by atoms with van der Waals surface area (Å²) in [5.74, 6) is 0.330. The van der Waals surface area contributed by atoms with Gasteiger partial charge in [-0.15, -0.1) is 0 Å². The Bertz CT molecular complexity index is 943. The molecular weight excluding hydrogens is 350 g/mol. The van der Waals surface area contributed by atoms with Crippen molar-refractivity contribution in [2.24, 2.45) is 0 Å². The summed E-state index contributed by atoms with van der Waals surface area (Å²) in [6.07, 6.45) is 2.56. The molecule has 1 aliphatic heterocycles. The number of aromatic amines is 1. The van der Waals surface area contributed by atoms with Gasteiger partial charge in [0.05, 0.1) is 0 Å². The van der Waals surface area contributed by atoms with Gasteiger partial charge in [0.1, 0.15) is 0 Å². The Hall–Kier alpha value is -2.76. The lowest BCUT2D eigenvalue weighted by atomic mass is 9.97. The van der Waals surface area contributed by atoms with Crippen LogP contribution in [0.3, 0.4) is 0 Å². The van der Waals surface area contributed by atoms with Crippen molar-refractivity contribution in [3.63, 3.8) is 0 Å². The summed E-state index contributed by atoms with van der Waals surface area (Å²) < 4.78 is 25.7. The molecule has 2 aliphatic rings. The van der Waals surface area contributed by atoms with E-state index in [2.05, 4.69) is 10.3 Å². The summed E-state index contributed by atoms with van der Waals surface area (Å²) >= 11 is 0. The molecule has 27 heavy (non-hydrogen) atoms. The molecule has 1 atom stereocenters. The standard InChI is InChI=1S/C21H20F2N2O2/c22-20(23)14-5-3-13(4-6-14)17(11-15-7-10-19(26)24-15)18-9-8-16(12-1-2-12)21(27)25-18/h3-6,8-9,11-12,15,20H,1-2,7,10H2,(H,24,26)(H,25,27)/b17-11+/t15-/m1/s1. The topological polar surface area (TPSA) is 62.0 Å². The molecule has 0 bridgehead atoms. The zero-order valence-electron chi connectivity index (χ0n) is 14.7. The molecule has 1 aromatic carbocycles. The van der Waals surface area contributed by atoms with Gasteiger partial charge in [-0.1, -0.05) is 36.4 Å². The van der Waals surface area contributed by atoms with E-state index >= 15 is 0 Å². The monoisotopic (exact) mass is 370 g/mol. The van der Waals surface area contributed by atoms with Crippen molar-refractivity contribution in [1.29, 1.82) is 0 Å². The largest absolute Gasteiger partial charge is 0.350 e. The van der Waals surface area contributed by atoms with Crippen LogP contribution in [0.5, 0.6) is 0 Å². The van der Waals surface area contributed by atoms with Crippen molar-refractivity contribution in [1.82, 2.24) is 10.3 Å². The number of aromatic nitrogens is 1. The predicted octanol–water partition coefficient (Wildman–Crippen LogP) is 3.90. The highest BCUT2D eigenvalue weighted by atomic mass is 19.3. The lowest BCUT2D eigenvalue weighted by molar-refractivity contribution is -0.119. The molecule has 1 aromatic heterocycles. The van der Waals surface area contributed by atoms with E-state index in [1.165, 1.54) is 12.1 Å². The van der Waals surface area contributed by atoms with E-state index in [0.29, 0.717) is 24.5 Å². The number of alkyl halides is 2. The summed E-state index contributed by atoms with van der Waals surface area (Å²) in [5, 5.41) is 2.88. The maximum Gasteiger partial charge on any atom is 0.263 e. The molecule has 1 aliphatic carbocycles. The van der Waals surface area contributed by atoms with Crippen LogP contribution in [0.25, 0.3) is 5.57 Å². The SMILES string of the molecule is O=C1CC[C@H](/C=C(\c2ccc(C(F)F)cc2)c2ccc(C3CC3)c(=O)[nH]2)N1. The van der Waals surface area contributed by atoms with Gasteiger partial charge in [-0.2, -0.15) is 0 Å². The molecule has 2 heterocycles. The number of amides is 1. The minimum atomic E-state index is -2.53. The Balaban J connectivity index is 1.73. The van der Waals surface area contributed by atoms with E-state index in [1.807, 2.05) is 18.2 Å². The molecule has 2 fully saturated rings. The van der Waals surface area contributed by atoms with Crippen LogP contribution < -0.4 is 10.9 Å². The molecule has 2 aromatic rings. The Morgan fingerprint density at radius 3 is 2.33 bits per heavy atom. The molecule has 2 N–H and O–H groups in total. The number of benzene rings is 1. The molecule has 0 spiro atoms. The highest BCUT2D eigenvalue weighted by Crippen LogP contribution is 2.38. The van der Waals surface area contributed by atoms with E-state index in [1.54, 1.807) is 12.1 Å². The first-order valence-corrected chi connectivity index (χ1v) is 9.14. The van der Waals surface area contributed by atoms with E-state index < -0.39 is 6.43 Å². The number of hydrogen-bond donors (Lipinski definition) is 2. The molecule has 1 saturated carbocycles. The number of H-pyrrole nitrogens is 1. The molecule has 4 nitrogen and oxygen atoms in total. The first kappa shape index (κ1) is 17.6. The number of nitrogens with one attached hydrogen (secondary N) is 2. The number of pyridine rings is 1. The van der Waals surface area contributed by atoms with Crippen molar-refractivity contribution in [2.45, 2.75) is 44.1 Å². The Morgan fingerprint density at radius 2 is 1.78 bits per heavy atom. The third-order valence-corrected chi connectivity index (χ3v) is 5.12. The summed E-state index contributed by atoms with van der Waals surface area (Å²) in [5.41, 5.74) is 2.69. The second-order valence-corrected chi connectivity index (χ2v) is 7.15. The summed E-state index contributed by atoms with van der Waals surface area (Å²) in [6.45, 7) is 0. The molecule has 4 rings (SSSR count). The minimum absolute atomic E-state index is 0.0128. The number of halogens is 2. The maximum atomic E-state index is 12.9. The van der Waals surface area contributed by atoms with Gasteiger partial charge >= 0.3 is 0 Å². The number of carbonyl (C=O) groups is 1. The second-order valence-electron chi connectivity index (χ2n) is 7.15. The first-order chi connectivity index (χ1) is 13.0. The van der Waals surface area contributed by atoms with E-state index in [0.717, 1.165) is 29.5 Å². The van der Waals surface area contributed by atoms with Crippen molar-refractivity contribution in [3.05, 3.63) is 75.2 Å². The number of carbonyl (C=O) groups excluding carboxylic acids is 1. The van der Waals surface area contributed by atoms with Gasteiger partial charge < -0.3 is 10.3 Å². The summed E-state index contributed by atoms with van der Waals surface area (Å²) in [6, 6.07) is 9.58. The fourth-order valence-electron chi connectivity index (χ4n) is 3.47. The highest BCUT2D eigenvalue weighted by Gasteiger charge is 2.26. The Labute approximate surface area is 155 Å².